The largest absolute Gasteiger partial charge is 0.507 e. The molecule has 2 aromatic carbocycles. The van der Waals surface area contributed by atoms with Gasteiger partial charge in [-0.1, -0.05) is 18.2 Å². The third-order valence-corrected chi connectivity index (χ3v) is 2.65. The lowest BCUT2D eigenvalue weighted by Gasteiger charge is -2.05. The van der Waals surface area contributed by atoms with Crippen molar-refractivity contribution in [3.8, 4) is 16.9 Å². The highest BCUT2D eigenvalue weighted by atomic mass is 16.6. The highest BCUT2D eigenvalue weighted by molar-refractivity contribution is 5.96. The molecule has 0 saturated carbocycles. The zero-order valence-electron chi connectivity index (χ0n) is 9.74. The van der Waals surface area contributed by atoms with Gasteiger partial charge in [-0.25, -0.2) is 0 Å². The summed E-state index contributed by atoms with van der Waals surface area (Å²) < 4.78 is 0. The van der Waals surface area contributed by atoms with Gasteiger partial charge in [0.25, 0.3) is 11.6 Å². The van der Waals surface area contributed by atoms with Crippen LogP contribution in [-0.4, -0.2) is 15.9 Å². The monoisotopic (exact) mass is 258 g/mol. The summed E-state index contributed by atoms with van der Waals surface area (Å²) in [6.07, 6.45) is 0. The van der Waals surface area contributed by atoms with Gasteiger partial charge in [-0.2, -0.15) is 0 Å². The number of primary amides is 1. The number of non-ortho nitro benzene ring substituents is 1. The number of phenols is 1. The van der Waals surface area contributed by atoms with Crippen LogP contribution in [0.25, 0.3) is 11.1 Å². The summed E-state index contributed by atoms with van der Waals surface area (Å²) in [5.41, 5.74) is 6.19. The van der Waals surface area contributed by atoms with E-state index < -0.39 is 10.8 Å². The fourth-order valence-electron chi connectivity index (χ4n) is 1.71. The quantitative estimate of drug-likeness (QED) is 0.649. The first kappa shape index (κ1) is 12.6. The van der Waals surface area contributed by atoms with Crippen LogP contribution in [0.2, 0.25) is 0 Å². The molecule has 96 valence electrons. The number of nitrogens with zero attached hydrogens (tertiary/aromatic N) is 1. The van der Waals surface area contributed by atoms with E-state index in [-0.39, 0.29) is 17.0 Å². The Hall–Kier alpha value is -2.89. The SMILES string of the molecule is NC(=O)c1cc(-c2cccc([N+](=O)[O-])c2)ccc1O. The molecule has 0 radical (unpaired) electrons. The fraction of sp³-hybridized carbons (Fsp3) is 0. The van der Waals surface area contributed by atoms with E-state index in [9.17, 15) is 20.0 Å². The maximum absolute atomic E-state index is 11.1. The summed E-state index contributed by atoms with van der Waals surface area (Å²) in [5.74, 6) is -0.980. The Kier molecular flexibility index (Phi) is 3.15. The van der Waals surface area contributed by atoms with E-state index in [1.54, 1.807) is 18.2 Å². The van der Waals surface area contributed by atoms with Crippen molar-refractivity contribution < 1.29 is 14.8 Å². The number of carbonyl (C=O) groups is 1. The minimum Gasteiger partial charge on any atom is -0.507 e. The molecule has 0 unspecified atom stereocenters. The average Bonchev–Trinajstić information content (AvgIpc) is 2.39. The van der Waals surface area contributed by atoms with Gasteiger partial charge in [0.15, 0.2) is 0 Å². The van der Waals surface area contributed by atoms with E-state index in [1.807, 2.05) is 0 Å². The summed E-state index contributed by atoms with van der Waals surface area (Å²) in [6, 6.07) is 10.3. The van der Waals surface area contributed by atoms with Gasteiger partial charge in [-0.3, -0.25) is 14.9 Å². The van der Waals surface area contributed by atoms with Gasteiger partial charge in [-0.05, 0) is 23.3 Å². The van der Waals surface area contributed by atoms with Crippen molar-refractivity contribution in [2.24, 2.45) is 5.73 Å². The lowest BCUT2D eigenvalue weighted by atomic mass is 10.0. The van der Waals surface area contributed by atoms with Crippen molar-refractivity contribution >= 4 is 11.6 Å². The van der Waals surface area contributed by atoms with Gasteiger partial charge in [0, 0.05) is 12.1 Å². The molecule has 0 aliphatic heterocycles. The minimum absolute atomic E-state index is 0.0241. The third-order valence-electron chi connectivity index (χ3n) is 2.65. The number of benzene rings is 2. The van der Waals surface area contributed by atoms with Crippen LogP contribution in [-0.2, 0) is 0 Å². The van der Waals surface area contributed by atoms with Crippen LogP contribution in [0.15, 0.2) is 42.5 Å². The summed E-state index contributed by atoms with van der Waals surface area (Å²) in [4.78, 5) is 21.3. The summed E-state index contributed by atoms with van der Waals surface area (Å²) in [7, 11) is 0. The van der Waals surface area contributed by atoms with E-state index in [1.165, 1.54) is 24.3 Å². The maximum atomic E-state index is 11.1. The number of nitrogens with two attached hydrogens (primary N) is 1. The van der Waals surface area contributed by atoms with Crippen LogP contribution in [0, 0.1) is 10.1 Å². The molecule has 2 rings (SSSR count). The highest BCUT2D eigenvalue weighted by Crippen LogP contribution is 2.27. The van der Waals surface area contributed by atoms with Gasteiger partial charge < -0.3 is 10.8 Å². The second kappa shape index (κ2) is 4.77. The van der Waals surface area contributed by atoms with E-state index >= 15 is 0 Å². The molecule has 0 bridgehead atoms. The van der Waals surface area contributed by atoms with Gasteiger partial charge in [0.1, 0.15) is 5.75 Å². The van der Waals surface area contributed by atoms with Crippen LogP contribution in [0.4, 0.5) is 5.69 Å². The highest BCUT2D eigenvalue weighted by Gasteiger charge is 2.11. The molecular weight excluding hydrogens is 248 g/mol. The Morgan fingerprint density at radius 2 is 1.84 bits per heavy atom. The summed E-state index contributed by atoms with van der Waals surface area (Å²) in [6.45, 7) is 0. The van der Waals surface area contributed by atoms with E-state index in [0.717, 1.165) is 0 Å². The van der Waals surface area contributed by atoms with Crippen molar-refractivity contribution in [1.29, 1.82) is 0 Å². The molecule has 19 heavy (non-hydrogen) atoms. The Labute approximate surface area is 108 Å². The van der Waals surface area contributed by atoms with E-state index in [0.29, 0.717) is 11.1 Å². The third kappa shape index (κ3) is 2.52. The minimum atomic E-state index is -0.759. The number of rotatable bonds is 3. The molecule has 0 saturated heterocycles. The number of nitro groups is 1. The van der Waals surface area contributed by atoms with Crippen LogP contribution in [0.5, 0.6) is 5.75 Å². The van der Waals surface area contributed by atoms with Crippen molar-refractivity contribution in [3.05, 3.63) is 58.1 Å². The molecule has 2 aromatic rings. The van der Waals surface area contributed by atoms with Gasteiger partial charge >= 0.3 is 0 Å². The van der Waals surface area contributed by atoms with Crippen LogP contribution >= 0.6 is 0 Å². The normalized spacial score (nSPS) is 10.1. The van der Waals surface area contributed by atoms with Gasteiger partial charge in [0.2, 0.25) is 0 Å². The molecule has 0 aliphatic rings. The van der Waals surface area contributed by atoms with Crippen LogP contribution in [0.1, 0.15) is 10.4 Å². The molecule has 6 heteroatoms. The molecule has 0 aliphatic carbocycles. The maximum Gasteiger partial charge on any atom is 0.270 e. The molecule has 1 amide bonds. The first-order chi connectivity index (χ1) is 8.99. The number of hydrogen-bond donors (Lipinski definition) is 2. The molecule has 0 fully saturated rings. The number of nitro benzene ring substituents is 1. The van der Waals surface area contributed by atoms with Gasteiger partial charge in [0.05, 0.1) is 10.5 Å². The number of amides is 1. The zero-order valence-corrected chi connectivity index (χ0v) is 9.74. The standard InChI is InChI=1S/C13H10N2O4/c14-13(17)11-7-9(4-5-12(11)16)8-2-1-3-10(6-8)15(18)19/h1-7,16H,(H2,14,17). The number of aromatic hydroxyl groups is 1. The molecule has 0 heterocycles. The zero-order chi connectivity index (χ0) is 14.0. The lowest BCUT2D eigenvalue weighted by Crippen LogP contribution is -2.11. The molecule has 3 N–H and O–H groups in total. The predicted molar refractivity (Wildman–Crippen MR) is 68.7 cm³/mol. The second-order valence-electron chi connectivity index (χ2n) is 3.90. The predicted octanol–water partition coefficient (Wildman–Crippen LogP) is 2.07. The van der Waals surface area contributed by atoms with Crippen molar-refractivity contribution in [3.63, 3.8) is 0 Å². The van der Waals surface area contributed by atoms with Crippen LogP contribution in [0.3, 0.4) is 0 Å². The average molecular weight is 258 g/mol. The van der Waals surface area contributed by atoms with Gasteiger partial charge in [-0.15, -0.1) is 0 Å². The summed E-state index contributed by atoms with van der Waals surface area (Å²) >= 11 is 0. The Bertz CT molecular complexity index is 667. The molecule has 0 spiro atoms. The number of hydrogen-bond acceptors (Lipinski definition) is 4. The smallest absolute Gasteiger partial charge is 0.270 e. The Morgan fingerprint density at radius 1 is 1.16 bits per heavy atom. The van der Waals surface area contributed by atoms with E-state index in [4.69, 9.17) is 5.73 Å². The van der Waals surface area contributed by atoms with Crippen molar-refractivity contribution in [1.82, 2.24) is 0 Å². The second-order valence-corrected chi connectivity index (χ2v) is 3.90. The summed E-state index contributed by atoms with van der Waals surface area (Å²) in [5, 5.41) is 20.2. The van der Waals surface area contributed by atoms with Crippen LogP contribution < -0.4 is 5.73 Å². The Morgan fingerprint density at radius 3 is 2.47 bits per heavy atom. The van der Waals surface area contributed by atoms with E-state index in [2.05, 4.69) is 0 Å². The topological polar surface area (TPSA) is 106 Å². The first-order valence-electron chi connectivity index (χ1n) is 5.36. The fourth-order valence-corrected chi connectivity index (χ4v) is 1.71. The Balaban J connectivity index is 2.53. The first-order valence-corrected chi connectivity index (χ1v) is 5.36. The number of carbonyl (C=O) groups excluding carboxylic acids is 1. The molecule has 6 nitrogen and oxygen atoms in total. The van der Waals surface area contributed by atoms with Crippen molar-refractivity contribution in [2.45, 2.75) is 0 Å². The van der Waals surface area contributed by atoms with Crippen molar-refractivity contribution in [2.75, 3.05) is 0 Å². The molecule has 0 aromatic heterocycles. The molecule has 0 atom stereocenters. The lowest BCUT2D eigenvalue weighted by molar-refractivity contribution is -0.384. The molecular formula is C13H10N2O4.